The number of hydrogen-bond acceptors (Lipinski definition) is 2. The van der Waals surface area contributed by atoms with Gasteiger partial charge in [0.05, 0.1) is 11.4 Å². The highest BCUT2D eigenvalue weighted by Gasteiger charge is 2.34. The summed E-state index contributed by atoms with van der Waals surface area (Å²) in [5.74, 6) is -2.06. The third-order valence-corrected chi connectivity index (χ3v) is 2.41. The molecule has 0 amide bonds. The Kier molecular flexibility index (Phi) is 5.11. The molecular formula is C11H8ClF5O2. The molecule has 0 radical (unpaired) electrons. The molecule has 106 valence electrons. The maximum Gasteiger partial charge on any atom is 0.573 e. The van der Waals surface area contributed by atoms with Crippen LogP contribution in [0.2, 0.25) is 0 Å². The van der Waals surface area contributed by atoms with E-state index in [0.717, 1.165) is 18.2 Å². The molecule has 19 heavy (non-hydrogen) atoms. The van der Waals surface area contributed by atoms with Gasteiger partial charge in [-0.1, -0.05) is 12.1 Å². The molecule has 0 bridgehead atoms. The fraction of sp³-hybridized carbons (Fsp3) is 0.364. The van der Waals surface area contributed by atoms with Gasteiger partial charge in [0.1, 0.15) is 5.75 Å². The van der Waals surface area contributed by atoms with E-state index < -0.39 is 42.2 Å². The highest BCUT2D eigenvalue weighted by molar-refractivity contribution is 6.27. The molecule has 0 heterocycles. The standard InChI is InChI=1S/C11H8ClF5O2/c12-5-7(18)4-6-2-1-3-8(10(13)14)9(6)19-11(15,16)17/h1-3,10H,4-5H2. The van der Waals surface area contributed by atoms with Gasteiger partial charge < -0.3 is 4.74 Å². The third kappa shape index (κ3) is 4.66. The van der Waals surface area contributed by atoms with Crippen LogP contribution in [-0.4, -0.2) is 18.0 Å². The topological polar surface area (TPSA) is 26.3 Å². The molecule has 0 aliphatic rings. The first kappa shape index (κ1) is 15.7. The number of para-hydroxylation sites is 1. The molecule has 0 aromatic heterocycles. The maximum atomic E-state index is 12.6. The highest BCUT2D eigenvalue weighted by atomic mass is 35.5. The van der Waals surface area contributed by atoms with Crippen LogP contribution in [0.15, 0.2) is 18.2 Å². The van der Waals surface area contributed by atoms with Crippen LogP contribution in [0.3, 0.4) is 0 Å². The second-order valence-electron chi connectivity index (χ2n) is 3.53. The molecule has 1 rings (SSSR count). The number of ketones is 1. The van der Waals surface area contributed by atoms with E-state index in [-0.39, 0.29) is 5.56 Å². The van der Waals surface area contributed by atoms with Gasteiger partial charge in [-0.15, -0.1) is 24.8 Å². The first-order valence-corrected chi connectivity index (χ1v) is 5.51. The Hall–Kier alpha value is -1.37. The van der Waals surface area contributed by atoms with Crippen LogP contribution in [0.1, 0.15) is 17.6 Å². The molecule has 0 unspecified atom stereocenters. The lowest BCUT2D eigenvalue weighted by Crippen LogP contribution is -2.20. The summed E-state index contributed by atoms with van der Waals surface area (Å²) in [4.78, 5) is 11.1. The van der Waals surface area contributed by atoms with Crippen LogP contribution in [0.25, 0.3) is 0 Å². The van der Waals surface area contributed by atoms with Crippen LogP contribution >= 0.6 is 11.6 Å². The van der Waals surface area contributed by atoms with Crippen molar-refractivity contribution in [1.29, 1.82) is 0 Å². The van der Waals surface area contributed by atoms with Gasteiger partial charge in [-0.05, 0) is 6.07 Å². The number of carbonyl (C=O) groups is 1. The number of benzene rings is 1. The third-order valence-electron chi connectivity index (χ3n) is 2.12. The highest BCUT2D eigenvalue weighted by Crippen LogP contribution is 2.36. The minimum absolute atomic E-state index is 0.277. The van der Waals surface area contributed by atoms with E-state index in [1.807, 2.05) is 0 Å². The Labute approximate surface area is 110 Å². The fourth-order valence-corrected chi connectivity index (χ4v) is 1.51. The first-order chi connectivity index (χ1) is 8.74. The minimum atomic E-state index is -5.12. The molecule has 0 fully saturated rings. The van der Waals surface area contributed by atoms with Crippen molar-refractivity contribution >= 4 is 17.4 Å². The molecule has 0 aliphatic carbocycles. The summed E-state index contributed by atoms with van der Waals surface area (Å²) in [6.45, 7) is 0. The van der Waals surface area contributed by atoms with Crippen molar-refractivity contribution in [2.75, 3.05) is 5.88 Å². The summed E-state index contributed by atoms with van der Waals surface area (Å²) in [7, 11) is 0. The SMILES string of the molecule is O=C(CCl)Cc1cccc(C(F)F)c1OC(F)(F)F. The second kappa shape index (κ2) is 6.18. The maximum absolute atomic E-state index is 12.6. The van der Waals surface area contributed by atoms with E-state index in [1.165, 1.54) is 0 Å². The number of rotatable bonds is 5. The zero-order valence-corrected chi connectivity index (χ0v) is 10.1. The van der Waals surface area contributed by atoms with E-state index in [9.17, 15) is 26.7 Å². The Morgan fingerprint density at radius 1 is 1.32 bits per heavy atom. The Balaban J connectivity index is 3.21. The van der Waals surface area contributed by atoms with Gasteiger partial charge >= 0.3 is 6.36 Å². The average Bonchev–Trinajstić information content (AvgIpc) is 2.28. The molecule has 2 nitrogen and oxygen atoms in total. The van der Waals surface area contributed by atoms with Crippen LogP contribution in [0.4, 0.5) is 22.0 Å². The van der Waals surface area contributed by atoms with Crippen LogP contribution in [0, 0.1) is 0 Å². The summed E-state index contributed by atoms with van der Waals surface area (Å²) in [5.41, 5.74) is -1.20. The molecule has 0 atom stereocenters. The molecule has 1 aromatic rings. The summed E-state index contributed by atoms with van der Waals surface area (Å²) in [6.07, 6.45) is -8.78. The Morgan fingerprint density at radius 2 is 1.95 bits per heavy atom. The number of carbonyl (C=O) groups excluding carboxylic acids is 1. The predicted octanol–water partition coefficient (Wildman–Crippen LogP) is 3.87. The molecular weight excluding hydrogens is 295 g/mol. The lowest BCUT2D eigenvalue weighted by atomic mass is 10.0. The van der Waals surface area contributed by atoms with Crippen molar-refractivity contribution in [3.8, 4) is 5.75 Å². The number of ether oxygens (including phenoxy) is 1. The predicted molar refractivity (Wildman–Crippen MR) is 57.5 cm³/mol. The van der Waals surface area contributed by atoms with Crippen molar-refractivity contribution in [1.82, 2.24) is 0 Å². The van der Waals surface area contributed by atoms with Crippen molar-refractivity contribution in [2.24, 2.45) is 0 Å². The van der Waals surface area contributed by atoms with Crippen LogP contribution < -0.4 is 4.74 Å². The summed E-state index contributed by atoms with van der Waals surface area (Å²) in [5, 5.41) is 0. The molecule has 0 saturated heterocycles. The monoisotopic (exact) mass is 302 g/mol. The van der Waals surface area contributed by atoms with Gasteiger partial charge in [-0.3, -0.25) is 4.79 Å². The van der Waals surface area contributed by atoms with Gasteiger partial charge in [0.15, 0.2) is 5.78 Å². The Bertz CT molecular complexity index is 459. The lowest BCUT2D eigenvalue weighted by Gasteiger charge is -2.16. The second-order valence-corrected chi connectivity index (χ2v) is 3.80. The lowest BCUT2D eigenvalue weighted by molar-refractivity contribution is -0.275. The van der Waals surface area contributed by atoms with Gasteiger partial charge in [0.25, 0.3) is 6.43 Å². The van der Waals surface area contributed by atoms with Gasteiger partial charge in [-0.25, -0.2) is 8.78 Å². The number of alkyl halides is 6. The van der Waals surface area contributed by atoms with E-state index in [0.29, 0.717) is 0 Å². The molecule has 8 heteroatoms. The van der Waals surface area contributed by atoms with Crippen molar-refractivity contribution < 1.29 is 31.5 Å². The molecule has 0 saturated carbocycles. The van der Waals surface area contributed by atoms with Crippen molar-refractivity contribution in [3.63, 3.8) is 0 Å². The average molecular weight is 303 g/mol. The van der Waals surface area contributed by atoms with E-state index >= 15 is 0 Å². The molecule has 1 aromatic carbocycles. The zero-order chi connectivity index (χ0) is 14.6. The normalized spacial score (nSPS) is 11.7. The zero-order valence-electron chi connectivity index (χ0n) is 9.31. The molecule has 0 aliphatic heterocycles. The van der Waals surface area contributed by atoms with Crippen molar-refractivity contribution in [3.05, 3.63) is 29.3 Å². The largest absolute Gasteiger partial charge is 0.573 e. The number of hydrogen-bond donors (Lipinski definition) is 0. The van der Waals surface area contributed by atoms with Crippen molar-refractivity contribution in [2.45, 2.75) is 19.2 Å². The first-order valence-electron chi connectivity index (χ1n) is 4.98. The summed E-state index contributed by atoms with van der Waals surface area (Å²) < 4.78 is 65.5. The minimum Gasteiger partial charge on any atom is -0.405 e. The van der Waals surface area contributed by atoms with Gasteiger partial charge in [0, 0.05) is 12.0 Å². The fourth-order valence-electron chi connectivity index (χ4n) is 1.42. The number of Topliss-reactive ketones (excluding diaryl/α,β-unsaturated/α-hetero) is 1. The molecule has 0 N–H and O–H groups in total. The molecule has 0 spiro atoms. The Morgan fingerprint density at radius 3 is 2.42 bits per heavy atom. The van der Waals surface area contributed by atoms with E-state index in [4.69, 9.17) is 11.6 Å². The van der Waals surface area contributed by atoms with Gasteiger partial charge in [0.2, 0.25) is 0 Å². The van der Waals surface area contributed by atoms with Crippen LogP contribution in [-0.2, 0) is 11.2 Å². The van der Waals surface area contributed by atoms with E-state index in [1.54, 1.807) is 0 Å². The smallest absolute Gasteiger partial charge is 0.405 e. The van der Waals surface area contributed by atoms with E-state index in [2.05, 4.69) is 4.74 Å². The summed E-state index contributed by atoms with van der Waals surface area (Å²) >= 11 is 5.23. The van der Waals surface area contributed by atoms with Crippen LogP contribution in [0.5, 0.6) is 5.75 Å². The number of halogens is 6. The summed E-state index contributed by atoms with van der Waals surface area (Å²) in [6, 6.07) is 3.04. The van der Waals surface area contributed by atoms with Gasteiger partial charge in [-0.2, -0.15) is 0 Å². The quantitative estimate of drug-likeness (QED) is 0.609.